The number of hydrogen-bond acceptors (Lipinski definition) is 3. The number of rotatable bonds is 6. The van der Waals surface area contributed by atoms with Gasteiger partial charge in [-0.2, -0.15) is 0 Å². The van der Waals surface area contributed by atoms with E-state index in [1.807, 2.05) is 23.1 Å². The second-order valence-corrected chi connectivity index (χ2v) is 18.8. The van der Waals surface area contributed by atoms with Crippen LogP contribution in [0, 0.1) is 24.5 Å². The molecule has 0 bridgehead atoms. The van der Waals surface area contributed by atoms with Crippen molar-refractivity contribution in [3.05, 3.63) is 245 Å². The fraction of sp³-hybridized carbons (Fsp3) is 0.0877. The SMILES string of the molecule is Cc1ccc2c(c1)sc1c(C(c3ccc4c(c3)C3(c5ccccc5Sc5ccccc53)c3ccccc3-4)C3C=CC=CC3)ccc(N(c3ccc(F)cc3)c3ccc(F)cc3)c12. The second-order valence-electron chi connectivity index (χ2n) is 16.7. The minimum atomic E-state index is -0.480. The summed E-state index contributed by atoms with van der Waals surface area (Å²) in [6.45, 7) is 2.15. The van der Waals surface area contributed by atoms with E-state index in [1.165, 1.54) is 93.5 Å². The van der Waals surface area contributed by atoms with E-state index in [0.29, 0.717) is 0 Å². The highest BCUT2D eigenvalue weighted by Gasteiger charge is 2.50. The third-order valence-corrected chi connectivity index (χ3v) is 15.6. The van der Waals surface area contributed by atoms with Crippen LogP contribution in [0.4, 0.5) is 25.8 Å². The molecule has 2 unspecified atom stereocenters. The molecule has 1 aliphatic heterocycles. The largest absolute Gasteiger partial charge is 0.310 e. The lowest BCUT2D eigenvalue weighted by Crippen LogP contribution is -2.32. The average Bonchev–Trinajstić information content (AvgIpc) is 3.83. The molecule has 0 radical (unpaired) electrons. The molecular formula is C57H39F2NS2. The van der Waals surface area contributed by atoms with Crippen molar-refractivity contribution in [2.45, 2.75) is 34.5 Å². The molecule has 1 spiro atoms. The molecule has 1 aromatic heterocycles. The molecule has 3 aliphatic rings. The van der Waals surface area contributed by atoms with E-state index in [1.54, 1.807) is 24.3 Å². The van der Waals surface area contributed by atoms with Gasteiger partial charge >= 0.3 is 0 Å². The third kappa shape index (κ3) is 5.65. The maximum atomic E-state index is 14.5. The third-order valence-electron chi connectivity index (χ3n) is 13.2. The predicted octanol–water partition coefficient (Wildman–Crippen LogP) is 16.2. The van der Waals surface area contributed by atoms with Crippen molar-refractivity contribution in [3.8, 4) is 11.1 Å². The van der Waals surface area contributed by atoms with E-state index in [-0.39, 0.29) is 23.5 Å². The number of aryl methyl sites for hydroxylation is 1. The molecule has 1 nitrogen and oxygen atoms in total. The molecule has 9 aromatic rings. The lowest BCUT2D eigenvalue weighted by molar-refractivity contribution is 0.575. The summed E-state index contributed by atoms with van der Waals surface area (Å²) in [6.07, 6.45) is 9.99. The van der Waals surface area contributed by atoms with E-state index in [2.05, 4.69) is 157 Å². The van der Waals surface area contributed by atoms with Gasteiger partial charge in [-0.1, -0.05) is 133 Å². The van der Waals surface area contributed by atoms with Crippen molar-refractivity contribution < 1.29 is 8.78 Å². The number of fused-ring (bicyclic) bond motifs is 12. The zero-order valence-corrected chi connectivity index (χ0v) is 35.5. The number of allylic oxidation sites excluding steroid dienone is 4. The minimum absolute atomic E-state index is 0.0153. The molecule has 2 aliphatic carbocycles. The molecule has 0 amide bonds. The smallest absolute Gasteiger partial charge is 0.123 e. The lowest BCUT2D eigenvalue weighted by atomic mass is 9.66. The quantitative estimate of drug-likeness (QED) is 0.164. The summed E-state index contributed by atoms with van der Waals surface area (Å²) in [5.74, 6) is -0.396. The van der Waals surface area contributed by atoms with Gasteiger partial charge in [-0.05, 0) is 142 Å². The standard InChI is InChI=1S/C57H39F2NS2/c1-35-19-29-44-53(33-35)62-56-45(31-32-50(55(44)56)60(40-25-21-38(58)22-26-40)41-27-23-39(59)24-28-41)54(36-11-3-2-4-12-36)37-20-30-43-42-13-5-6-14-46(42)57(49(43)34-37)47-15-7-9-17-51(47)61-52-18-10-8-16-48(52)57/h2-11,13-34,36,54H,12H2,1H3. The maximum absolute atomic E-state index is 14.5. The van der Waals surface area contributed by atoms with Crippen molar-refractivity contribution in [2.75, 3.05) is 4.90 Å². The summed E-state index contributed by atoms with van der Waals surface area (Å²) in [6, 6.07) is 58.8. The van der Waals surface area contributed by atoms with E-state index >= 15 is 0 Å². The molecule has 298 valence electrons. The van der Waals surface area contributed by atoms with Crippen molar-refractivity contribution in [3.63, 3.8) is 0 Å². The van der Waals surface area contributed by atoms with E-state index in [9.17, 15) is 8.78 Å². The Labute approximate surface area is 368 Å². The summed E-state index contributed by atoms with van der Waals surface area (Å²) >= 11 is 3.72. The van der Waals surface area contributed by atoms with Crippen LogP contribution in [0.25, 0.3) is 31.3 Å². The fourth-order valence-corrected chi connectivity index (χ4v) is 13.2. The predicted molar refractivity (Wildman–Crippen MR) is 255 cm³/mol. The number of anilines is 3. The van der Waals surface area contributed by atoms with Gasteiger partial charge in [-0.3, -0.25) is 0 Å². The Kier molecular flexibility index (Phi) is 8.74. The van der Waals surface area contributed by atoms with Crippen LogP contribution in [0.15, 0.2) is 204 Å². The van der Waals surface area contributed by atoms with Gasteiger partial charge in [0.15, 0.2) is 0 Å². The highest BCUT2D eigenvalue weighted by molar-refractivity contribution is 7.99. The van der Waals surface area contributed by atoms with Gasteiger partial charge in [0, 0.05) is 47.3 Å². The van der Waals surface area contributed by atoms with Crippen LogP contribution in [0.5, 0.6) is 0 Å². The molecule has 2 atom stereocenters. The van der Waals surface area contributed by atoms with Crippen LogP contribution < -0.4 is 4.90 Å². The van der Waals surface area contributed by atoms with Crippen molar-refractivity contribution >= 4 is 60.3 Å². The summed E-state index contributed by atoms with van der Waals surface area (Å²) < 4.78 is 31.4. The van der Waals surface area contributed by atoms with Crippen molar-refractivity contribution in [2.24, 2.45) is 5.92 Å². The van der Waals surface area contributed by atoms with Gasteiger partial charge in [0.05, 0.1) is 11.1 Å². The topological polar surface area (TPSA) is 3.24 Å². The highest BCUT2D eigenvalue weighted by Crippen LogP contribution is 2.63. The van der Waals surface area contributed by atoms with Crippen LogP contribution in [-0.4, -0.2) is 0 Å². The Morgan fingerprint density at radius 1 is 0.613 bits per heavy atom. The zero-order chi connectivity index (χ0) is 41.5. The molecule has 2 heterocycles. The van der Waals surface area contributed by atoms with E-state index in [4.69, 9.17) is 0 Å². The molecule has 0 fully saturated rings. The van der Waals surface area contributed by atoms with Crippen LogP contribution in [0.1, 0.15) is 51.3 Å². The van der Waals surface area contributed by atoms with Crippen LogP contribution in [0.2, 0.25) is 0 Å². The first-order chi connectivity index (χ1) is 30.5. The van der Waals surface area contributed by atoms with Gasteiger partial charge in [0.25, 0.3) is 0 Å². The molecule has 12 rings (SSSR count). The van der Waals surface area contributed by atoms with Crippen molar-refractivity contribution in [1.29, 1.82) is 0 Å². The van der Waals surface area contributed by atoms with Crippen LogP contribution in [-0.2, 0) is 5.41 Å². The lowest BCUT2D eigenvalue weighted by Gasteiger charge is -2.40. The normalized spacial score (nSPS) is 16.0. The minimum Gasteiger partial charge on any atom is -0.310 e. The van der Waals surface area contributed by atoms with Gasteiger partial charge in [0.1, 0.15) is 11.6 Å². The Hall–Kier alpha value is -6.53. The summed E-state index contributed by atoms with van der Waals surface area (Å²) in [5, 5.41) is 2.30. The Morgan fingerprint density at radius 2 is 1.26 bits per heavy atom. The zero-order valence-electron chi connectivity index (χ0n) is 33.9. The molecule has 5 heteroatoms. The first kappa shape index (κ1) is 37.2. The Balaban J connectivity index is 1.13. The van der Waals surface area contributed by atoms with Crippen LogP contribution >= 0.6 is 23.1 Å². The summed E-state index contributed by atoms with van der Waals surface area (Å²) in [4.78, 5) is 4.73. The first-order valence-electron chi connectivity index (χ1n) is 21.2. The van der Waals surface area contributed by atoms with Crippen molar-refractivity contribution in [1.82, 2.24) is 0 Å². The maximum Gasteiger partial charge on any atom is 0.123 e. The molecule has 8 aromatic carbocycles. The number of thiophene rings is 1. The summed E-state index contributed by atoms with van der Waals surface area (Å²) in [5.41, 5.74) is 13.7. The van der Waals surface area contributed by atoms with Crippen LogP contribution in [0.3, 0.4) is 0 Å². The molecule has 0 N–H and O–H groups in total. The Morgan fingerprint density at radius 3 is 1.94 bits per heavy atom. The van der Waals surface area contributed by atoms with Gasteiger partial charge in [-0.25, -0.2) is 8.78 Å². The van der Waals surface area contributed by atoms with Gasteiger partial charge < -0.3 is 4.90 Å². The first-order valence-corrected chi connectivity index (χ1v) is 22.8. The average molecular weight is 840 g/mol. The highest BCUT2D eigenvalue weighted by atomic mass is 32.2. The molecular weight excluding hydrogens is 801 g/mol. The summed E-state index contributed by atoms with van der Waals surface area (Å²) in [7, 11) is 0. The van der Waals surface area contributed by atoms with Gasteiger partial charge in [-0.15, -0.1) is 11.3 Å². The number of benzene rings is 8. The second kappa shape index (κ2) is 14.5. The van der Waals surface area contributed by atoms with E-state index in [0.717, 1.165) is 34.3 Å². The van der Waals surface area contributed by atoms with E-state index < -0.39 is 5.41 Å². The van der Waals surface area contributed by atoms with Gasteiger partial charge in [0.2, 0.25) is 0 Å². The number of nitrogens with zero attached hydrogens (tertiary/aromatic N) is 1. The fourth-order valence-electron chi connectivity index (χ4n) is 10.6. The number of hydrogen-bond donors (Lipinski definition) is 0. The molecule has 0 saturated heterocycles. The molecule has 62 heavy (non-hydrogen) atoms. The number of halogens is 2. The molecule has 0 saturated carbocycles. The Bertz CT molecular complexity index is 3210. The monoisotopic (exact) mass is 839 g/mol.